The zero-order valence-electron chi connectivity index (χ0n) is 15.0. The molecule has 0 N–H and O–H groups in total. The molecule has 4 heteroatoms. The van der Waals surface area contributed by atoms with Gasteiger partial charge in [-0.3, -0.25) is 14.5 Å². The number of hydrogen-bond donors (Lipinski definition) is 0. The van der Waals surface area contributed by atoms with E-state index in [4.69, 9.17) is 4.74 Å². The molecule has 1 unspecified atom stereocenters. The van der Waals surface area contributed by atoms with Crippen LogP contribution in [0.2, 0.25) is 0 Å². The first kappa shape index (κ1) is 17.6. The summed E-state index contributed by atoms with van der Waals surface area (Å²) in [6, 6.07) is 8.91. The summed E-state index contributed by atoms with van der Waals surface area (Å²) in [6.07, 6.45) is 9.66. The Morgan fingerprint density at radius 1 is 1.24 bits per heavy atom. The second-order valence-electron chi connectivity index (χ2n) is 7.36. The van der Waals surface area contributed by atoms with Gasteiger partial charge in [0.25, 0.3) is 5.91 Å². The lowest BCUT2D eigenvalue weighted by Gasteiger charge is -2.50. The number of rotatable bonds is 5. The molecule has 0 radical (unpaired) electrons. The van der Waals surface area contributed by atoms with E-state index >= 15 is 0 Å². The molecule has 1 aromatic carbocycles. The molecule has 4 nitrogen and oxygen atoms in total. The van der Waals surface area contributed by atoms with Crippen molar-refractivity contribution in [1.82, 2.24) is 4.90 Å². The highest BCUT2D eigenvalue weighted by molar-refractivity contribution is 6.09. The van der Waals surface area contributed by atoms with Crippen molar-refractivity contribution in [2.75, 3.05) is 7.11 Å². The summed E-state index contributed by atoms with van der Waals surface area (Å²) in [6.45, 7) is 3.96. The lowest BCUT2D eigenvalue weighted by Crippen LogP contribution is -2.66. The maximum atomic E-state index is 12.9. The number of methoxy groups -OCH3 is 1. The van der Waals surface area contributed by atoms with E-state index < -0.39 is 5.60 Å². The molecular weight excluding hydrogens is 314 g/mol. The van der Waals surface area contributed by atoms with Gasteiger partial charge in [-0.1, -0.05) is 42.5 Å². The van der Waals surface area contributed by atoms with Crippen LogP contribution in [0.1, 0.15) is 37.0 Å². The van der Waals surface area contributed by atoms with E-state index in [1.165, 1.54) is 4.90 Å². The smallest absolute Gasteiger partial charge is 0.260 e. The van der Waals surface area contributed by atoms with Crippen molar-refractivity contribution in [2.45, 2.75) is 38.3 Å². The van der Waals surface area contributed by atoms with E-state index in [1.54, 1.807) is 19.2 Å². The molecule has 132 valence electrons. The van der Waals surface area contributed by atoms with Crippen LogP contribution in [0.3, 0.4) is 0 Å². The third-order valence-corrected chi connectivity index (χ3v) is 5.22. The van der Waals surface area contributed by atoms with Crippen LogP contribution < -0.4 is 0 Å². The van der Waals surface area contributed by atoms with Crippen LogP contribution in [-0.4, -0.2) is 35.5 Å². The summed E-state index contributed by atoms with van der Waals surface area (Å²) in [5.74, 6) is -0.325. The van der Waals surface area contributed by atoms with E-state index in [9.17, 15) is 9.59 Å². The molecule has 1 fully saturated rings. The van der Waals surface area contributed by atoms with Crippen molar-refractivity contribution in [3.8, 4) is 0 Å². The van der Waals surface area contributed by atoms with Crippen molar-refractivity contribution in [3.63, 3.8) is 0 Å². The molecular formula is C21H25NO3. The Hall–Kier alpha value is -2.20. The third-order valence-electron chi connectivity index (χ3n) is 5.22. The predicted molar refractivity (Wildman–Crippen MR) is 97.0 cm³/mol. The topological polar surface area (TPSA) is 46.6 Å². The summed E-state index contributed by atoms with van der Waals surface area (Å²) >= 11 is 0. The van der Waals surface area contributed by atoms with Gasteiger partial charge in [-0.15, -0.1) is 0 Å². The Morgan fingerprint density at radius 2 is 1.96 bits per heavy atom. The first-order valence-electron chi connectivity index (χ1n) is 8.75. The highest BCUT2D eigenvalue weighted by Gasteiger charge is 2.54. The largest absolute Gasteiger partial charge is 0.379 e. The van der Waals surface area contributed by atoms with Crippen molar-refractivity contribution in [1.29, 1.82) is 0 Å². The van der Waals surface area contributed by atoms with Crippen LogP contribution in [0.15, 0.2) is 54.6 Å². The summed E-state index contributed by atoms with van der Waals surface area (Å²) in [4.78, 5) is 27.2. The molecule has 2 aliphatic rings. The van der Waals surface area contributed by atoms with E-state index in [0.717, 1.165) is 6.42 Å². The summed E-state index contributed by atoms with van der Waals surface area (Å²) in [5, 5.41) is 0. The number of allylic oxidation sites excluding steroid dienone is 3. The number of carbonyl (C=O) groups is 2. The van der Waals surface area contributed by atoms with Crippen molar-refractivity contribution >= 4 is 11.8 Å². The number of nitrogens with zero attached hydrogens (tertiary/aromatic N) is 1. The quantitative estimate of drug-likeness (QED) is 0.608. The normalized spacial score (nSPS) is 25.8. The third kappa shape index (κ3) is 3.45. The fraction of sp³-hybridized carbons (Fsp3) is 0.429. The molecule has 1 saturated heterocycles. The van der Waals surface area contributed by atoms with E-state index in [0.29, 0.717) is 12.0 Å². The maximum Gasteiger partial charge on any atom is 0.260 e. The minimum absolute atomic E-state index is 0.0908. The molecule has 3 atom stereocenters. The monoisotopic (exact) mass is 339 g/mol. The second kappa shape index (κ2) is 6.96. The van der Waals surface area contributed by atoms with Gasteiger partial charge in [-0.25, -0.2) is 0 Å². The summed E-state index contributed by atoms with van der Waals surface area (Å²) < 4.78 is 5.52. The first-order chi connectivity index (χ1) is 11.9. The Labute approximate surface area is 149 Å². The SMILES string of the molecule is COC(C)(C)C[C@H]1C(=O)N(C(=O)c2ccccc2)C1[C@H]1C=CC=CC1. The van der Waals surface area contributed by atoms with Crippen molar-refractivity contribution in [3.05, 3.63) is 60.2 Å². The Morgan fingerprint density at radius 3 is 2.56 bits per heavy atom. The molecule has 3 rings (SSSR count). The van der Waals surface area contributed by atoms with Gasteiger partial charge in [-0.05, 0) is 38.8 Å². The minimum atomic E-state index is -0.394. The zero-order valence-corrected chi connectivity index (χ0v) is 15.0. The van der Waals surface area contributed by atoms with Crippen LogP contribution in [0.4, 0.5) is 0 Å². The second-order valence-corrected chi connectivity index (χ2v) is 7.36. The molecule has 0 spiro atoms. The number of imide groups is 1. The van der Waals surface area contributed by atoms with Gasteiger partial charge in [0.15, 0.2) is 0 Å². The molecule has 1 aliphatic heterocycles. The highest BCUT2D eigenvalue weighted by Crippen LogP contribution is 2.41. The van der Waals surface area contributed by atoms with Gasteiger partial charge in [0.1, 0.15) is 0 Å². The number of amides is 2. The number of β-lactam (4-membered cyclic amide) rings is 1. The highest BCUT2D eigenvalue weighted by atomic mass is 16.5. The van der Waals surface area contributed by atoms with Crippen molar-refractivity contribution < 1.29 is 14.3 Å². The zero-order chi connectivity index (χ0) is 18.0. The molecule has 2 amide bonds. The predicted octanol–water partition coefficient (Wildman–Crippen LogP) is 3.60. The van der Waals surface area contributed by atoms with E-state index in [1.807, 2.05) is 44.2 Å². The van der Waals surface area contributed by atoms with Crippen molar-refractivity contribution in [2.24, 2.45) is 11.8 Å². The molecule has 1 aliphatic carbocycles. The van der Waals surface area contributed by atoms with E-state index in [-0.39, 0.29) is 29.7 Å². The van der Waals surface area contributed by atoms with Crippen LogP contribution in [-0.2, 0) is 9.53 Å². The molecule has 0 bridgehead atoms. The Bertz CT molecular complexity index is 705. The standard InChI is InChI=1S/C21H25NO3/c1-21(2,25-3)14-17-18(15-10-6-4-7-11-15)22(20(17)24)19(23)16-12-8-5-9-13-16/h4-10,12-13,15,17-18H,11,14H2,1-3H3/t15-,17+,18?/m0/s1. The van der Waals surface area contributed by atoms with Gasteiger partial charge < -0.3 is 4.74 Å². The molecule has 25 heavy (non-hydrogen) atoms. The lowest BCUT2D eigenvalue weighted by molar-refractivity contribution is -0.158. The van der Waals surface area contributed by atoms with Gasteiger partial charge in [-0.2, -0.15) is 0 Å². The average Bonchev–Trinajstić information content (AvgIpc) is 2.65. The molecule has 0 aromatic heterocycles. The number of ether oxygens (including phenoxy) is 1. The van der Waals surface area contributed by atoms with Crippen LogP contribution >= 0.6 is 0 Å². The fourth-order valence-corrected chi connectivity index (χ4v) is 3.69. The van der Waals surface area contributed by atoms with Crippen LogP contribution in [0, 0.1) is 11.8 Å². The van der Waals surface area contributed by atoms with E-state index in [2.05, 4.69) is 12.2 Å². The minimum Gasteiger partial charge on any atom is -0.379 e. The van der Waals surface area contributed by atoms with Gasteiger partial charge in [0.05, 0.1) is 17.6 Å². The summed E-state index contributed by atoms with van der Waals surface area (Å²) in [5.41, 5.74) is 0.162. The van der Waals surface area contributed by atoms with Crippen LogP contribution in [0.5, 0.6) is 0 Å². The van der Waals surface area contributed by atoms with Crippen LogP contribution in [0.25, 0.3) is 0 Å². The number of hydrogen-bond acceptors (Lipinski definition) is 3. The summed E-state index contributed by atoms with van der Waals surface area (Å²) in [7, 11) is 1.66. The number of carbonyl (C=O) groups excluding carboxylic acids is 2. The first-order valence-corrected chi connectivity index (χ1v) is 8.75. The molecule has 1 aromatic rings. The van der Waals surface area contributed by atoms with Gasteiger partial charge in [0, 0.05) is 18.6 Å². The Balaban J connectivity index is 1.87. The number of likely N-dealkylation sites (tertiary alicyclic amines) is 1. The Kier molecular flexibility index (Phi) is 4.91. The van der Waals surface area contributed by atoms with Gasteiger partial charge >= 0.3 is 0 Å². The maximum absolute atomic E-state index is 12.9. The lowest BCUT2D eigenvalue weighted by atomic mass is 9.72. The van der Waals surface area contributed by atoms with Gasteiger partial charge in [0.2, 0.25) is 5.91 Å². The fourth-order valence-electron chi connectivity index (χ4n) is 3.69. The number of benzene rings is 1. The average molecular weight is 339 g/mol. The molecule has 1 heterocycles. The molecule has 0 saturated carbocycles.